The molecule has 1 atom stereocenters. The van der Waals surface area contributed by atoms with Gasteiger partial charge in [0.2, 0.25) is 0 Å². The van der Waals surface area contributed by atoms with Gasteiger partial charge in [-0.25, -0.2) is 4.98 Å². The summed E-state index contributed by atoms with van der Waals surface area (Å²) in [5.41, 5.74) is 6.87. The second-order valence-electron chi connectivity index (χ2n) is 3.31. The fourth-order valence-electron chi connectivity index (χ4n) is 1.38. The maximum Gasteiger partial charge on any atom is 0.328 e. The fraction of sp³-hybridized carbons (Fsp3) is 0.100. The van der Waals surface area contributed by atoms with Crippen molar-refractivity contribution in [3.63, 3.8) is 0 Å². The molecule has 6 heteroatoms. The summed E-state index contributed by atoms with van der Waals surface area (Å²) in [5, 5.41) is 8.62. The number of H-pyrrole nitrogens is 1. The van der Waals surface area contributed by atoms with Gasteiger partial charge in [0.05, 0.1) is 17.4 Å². The summed E-state index contributed by atoms with van der Waals surface area (Å²) in [6.45, 7) is 0. The molecule has 0 spiro atoms. The lowest BCUT2D eigenvalue weighted by molar-refractivity contribution is -0.137. The molecule has 0 saturated carbocycles. The zero-order valence-electron chi connectivity index (χ0n) is 8.18. The second kappa shape index (κ2) is 3.74. The van der Waals surface area contributed by atoms with Crippen LogP contribution in [-0.2, 0) is 4.79 Å². The zero-order valence-corrected chi connectivity index (χ0v) is 8.18. The Morgan fingerprint density at radius 3 is 2.88 bits per heavy atom. The molecule has 16 heavy (non-hydrogen) atoms. The van der Waals surface area contributed by atoms with Crippen LogP contribution < -0.4 is 5.73 Å². The van der Waals surface area contributed by atoms with E-state index < -0.39 is 17.8 Å². The molecule has 4 N–H and O–H groups in total. The number of nitrogens with zero attached hydrogens (tertiary/aromatic N) is 1. The van der Waals surface area contributed by atoms with Crippen molar-refractivity contribution >= 4 is 22.8 Å². The maximum atomic E-state index is 11.6. The summed E-state index contributed by atoms with van der Waals surface area (Å²) in [6.07, 6.45) is 1.50. The van der Waals surface area contributed by atoms with Crippen LogP contribution in [0, 0.1) is 0 Å². The normalized spacial score (nSPS) is 12.6. The Bertz CT molecular complexity index is 561. The van der Waals surface area contributed by atoms with Gasteiger partial charge in [0.15, 0.2) is 11.8 Å². The summed E-state index contributed by atoms with van der Waals surface area (Å²) < 4.78 is 0. The highest BCUT2D eigenvalue weighted by atomic mass is 16.4. The number of aromatic amines is 1. The second-order valence-corrected chi connectivity index (χ2v) is 3.31. The Labute approximate surface area is 90.1 Å². The van der Waals surface area contributed by atoms with Crippen LogP contribution in [0.5, 0.6) is 0 Å². The minimum Gasteiger partial charge on any atom is -0.480 e. The number of nitrogens with two attached hydrogens (primary N) is 1. The Balaban J connectivity index is 2.39. The molecular weight excluding hydrogens is 210 g/mol. The Kier molecular flexibility index (Phi) is 2.41. The standard InChI is InChI=1S/C10H9N3O3/c11-8(10(15)16)9(14)5-1-2-6-7(3-5)13-4-12-6/h1-4,8H,11H2,(H,12,13)(H,15,16). The van der Waals surface area contributed by atoms with E-state index in [4.69, 9.17) is 10.8 Å². The first-order chi connectivity index (χ1) is 7.59. The smallest absolute Gasteiger partial charge is 0.328 e. The van der Waals surface area contributed by atoms with Crippen LogP contribution in [0.4, 0.5) is 0 Å². The van der Waals surface area contributed by atoms with Crippen LogP contribution in [0.1, 0.15) is 10.4 Å². The van der Waals surface area contributed by atoms with Crippen molar-refractivity contribution in [2.24, 2.45) is 5.73 Å². The molecule has 0 radical (unpaired) electrons. The van der Waals surface area contributed by atoms with Crippen LogP contribution in [0.2, 0.25) is 0 Å². The zero-order chi connectivity index (χ0) is 11.7. The van der Waals surface area contributed by atoms with Gasteiger partial charge >= 0.3 is 5.97 Å². The molecule has 2 rings (SSSR count). The van der Waals surface area contributed by atoms with Crippen LogP contribution in [0.3, 0.4) is 0 Å². The van der Waals surface area contributed by atoms with Crippen LogP contribution >= 0.6 is 0 Å². The van der Waals surface area contributed by atoms with Gasteiger partial charge in [0, 0.05) is 5.56 Å². The first-order valence-corrected chi connectivity index (χ1v) is 4.55. The topological polar surface area (TPSA) is 109 Å². The third kappa shape index (κ3) is 1.66. The van der Waals surface area contributed by atoms with Gasteiger partial charge in [-0.3, -0.25) is 9.59 Å². The summed E-state index contributed by atoms with van der Waals surface area (Å²) in [5.74, 6) is -1.96. The van der Waals surface area contributed by atoms with Gasteiger partial charge in [0.1, 0.15) is 0 Å². The predicted octanol–water partition coefficient (Wildman–Crippen LogP) is 0.157. The number of aromatic nitrogens is 2. The number of imidazole rings is 1. The van der Waals surface area contributed by atoms with E-state index in [-0.39, 0.29) is 5.56 Å². The quantitative estimate of drug-likeness (QED) is 0.503. The SMILES string of the molecule is NC(C(=O)O)C(=O)c1ccc2nc[nH]c2c1. The van der Waals surface area contributed by atoms with E-state index in [1.54, 1.807) is 6.07 Å². The van der Waals surface area contributed by atoms with Crippen molar-refractivity contribution in [2.75, 3.05) is 0 Å². The predicted molar refractivity (Wildman–Crippen MR) is 56.0 cm³/mol. The van der Waals surface area contributed by atoms with Crippen molar-refractivity contribution in [3.8, 4) is 0 Å². The summed E-state index contributed by atoms with van der Waals surface area (Å²) in [4.78, 5) is 29.0. The molecule has 0 aliphatic heterocycles. The minimum absolute atomic E-state index is 0.256. The first kappa shape index (κ1) is 10.3. The molecular formula is C10H9N3O3. The molecule has 0 aliphatic rings. The van der Waals surface area contributed by atoms with E-state index in [0.717, 1.165) is 0 Å². The van der Waals surface area contributed by atoms with E-state index >= 15 is 0 Å². The van der Waals surface area contributed by atoms with Gasteiger partial charge in [-0.05, 0) is 18.2 Å². The minimum atomic E-state index is -1.53. The molecule has 0 bridgehead atoms. The number of benzene rings is 1. The van der Waals surface area contributed by atoms with Crippen molar-refractivity contribution in [2.45, 2.75) is 6.04 Å². The van der Waals surface area contributed by atoms with Gasteiger partial charge in [-0.1, -0.05) is 0 Å². The van der Waals surface area contributed by atoms with E-state index in [1.807, 2.05) is 0 Å². The van der Waals surface area contributed by atoms with Gasteiger partial charge in [-0.15, -0.1) is 0 Å². The number of carbonyl (C=O) groups is 2. The number of rotatable bonds is 3. The van der Waals surface area contributed by atoms with Crippen molar-refractivity contribution in [1.82, 2.24) is 9.97 Å². The van der Waals surface area contributed by atoms with E-state index in [2.05, 4.69) is 9.97 Å². The Hall–Kier alpha value is -2.21. The monoisotopic (exact) mass is 219 g/mol. The number of carbonyl (C=O) groups excluding carboxylic acids is 1. The molecule has 6 nitrogen and oxygen atoms in total. The number of hydrogen-bond acceptors (Lipinski definition) is 4. The Morgan fingerprint density at radius 1 is 1.44 bits per heavy atom. The lowest BCUT2D eigenvalue weighted by Gasteiger charge is -2.04. The molecule has 0 saturated heterocycles. The van der Waals surface area contributed by atoms with Gasteiger partial charge in [-0.2, -0.15) is 0 Å². The lowest BCUT2D eigenvalue weighted by Crippen LogP contribution is -2.38. The molecule has 1 heterocycles. The molecule has 82 valence electrons. The molecule has 1 unspecified atom stereocenters. The number of ketones is 1. The van der Waals surface area contributed by atoms with Crippen LogP contribution in [0.25, 0.3) is 11.0 Å². The van der Waals surface area contributed by atoms with Gasteiger partial charge < -0.3 is 15.8 Å². The number of carboxylic acids is 1. The molecule has 0 fully saturated rings. The maximum absolute atomic E-state index is 11.6. The number of aliphatic carboxylic acids is 1. The van der Waals surface area contributed by atoms with Crippen molar-refractivity contribution in [1.29, 1.82) is 0 Å². The van der Waals surface area contributed by atoms with Crippen molar-refractivity contribution in [3.05, 3.63) is 30.1 Å². The number of hydrogen-bond donors (Lipinski definition) is 3. The molecule has 0 amide bonds. The van der Waals surface area contributed by atoms with Crippen LogP contribution in [-0.4, -0.2) is 32.9 Å². The first-order valence-electron chi connectivity index (χ1n) is 4.55. The summed E-state index contributed by atoms with van der Waals surface area (Å²) in [7, 11) is 0. The molecule has 1 aromatic carbocycles. The highest BCUT2D eigenvalue weighted by molar-refractivity contribution is 6.12. The lowest BCUT2D eigenvalue weighted by atomic mass is 10.0. The van der Waals surface area contributed by atoms with Crippen LogP contribution in [0.15, 0.2) is 24.5 Å². The fourth-order valence-corrected chi connectivity index (χ4v) is 1.38. The Morgan fingerprint density at radius 2 is 2.19 bits per heavy atom. The number of carboxylic acid groups (broad SMARTS) is 1. The van der Waals surface area contributed by atoms with E-state index in [0.29, 0.717) is 11.0 Å². The largest absolute Gasteiger partial charge is 0.480 e. The van der Waals surface area contributed by atoms with Gasteiger partial charge in [0.25, 0.3) is 0 Å². The molecule has 0 aliphatic carbocycles. The summed E-state index contributed by atoms with van der Waals surface area (Å²) in [6, 6.07) is 3.15. The molecule has 1 aromatic heterocycles. The third-order valence-electron chi connectivity index (χ3n) is 2.25. The average molecular weight is 219 g/mol. The summed E-state index contributed by atoms with van der Waals surface area (Å²) >= 11 is 0. The third-order valence-corrected chi connectivity index (χ3v) is 2.25. The molecule has 2 aromatic rings. The average Bonchev–Trinajstić information content (AvgIpc) is 2.73. The number of Topliss-reactive ketones (excluding diaryl/α,β-unsaturated/α-hetero) is 1. The van der Waals surface area contributed by atoms with E-state index in [1.165, 1.54) is 18.5 Å². The highest BCUT2D eigenvalue weighted by Gasteiger charge is 2.22. The van der Waals surface area contributed by atoms with E-state index in [9.17, 15) is 9.59 Å². The number of fused-ring (bicyclic) bond motifs is 1. The highest BCUT2D eigenvalue weighted by Crippen LogP contribution is 2.12. The van der Waals surface area contributed by atoms with Crippen molar-refractivity contribution < 1.29 is 14.7 Å². The number of nitrogens with one attached hydrogen (secondary N) is 1.